The van der Waals surface area contributed by atoms with Crippen LogP contribution in [0.4, 0.5) is 5.69 Å². The van der Waals surface area contributed by atoms with Gasteiger partial charge in [-0.1, -0.05) is 24.3 Å². The molecule has 3 aromatic rings. The van der Waals surface area contributed by atoms with Gasteiger partial charge in [-0.15, -0.1) is 11.3 Å². The SMILES string of the molecule is Cc1cccc(N2C(=O)C[C@H](N3CCC(c4nc5ccccc5s4)CC3)C2=O)c1. The molecular formula is C23H23N3O2S. The van der Waals surface area contributed by atoms with Crippen LogP contribution in [-0.2, 0) is 9.59 Å². The zero-order valence-corrected chi connectivity index (χ0v) is 17.2. The Morgan fingerprint density at radius 2 is 1.83 bits per heavy atom. The van der Waals surface area contributed by atoms with Crippen LogP contribution in [-0.4, -0.2) is 40.8 Å². The molecule has 0 radical (unpaired) electrons. The smallest absolute Gasteiger partial charge is 0.251 e. The third-order valence-electron chi connectivity index (χ3n) is 6.01. The van der Waals surface area contributed by atoms with Gasteiger partial charge in [0.15, 0.2) is 0 Å². The summed E-state index contributed by atoms with van der Waals surface area (Å²) in [6.07, 6.45) is 2.23. The number of aromatic nitrogens is 1. The molecule has 0 unspecified atom stereocenters. The molecule has 148 valence electrons. The number of hydrogen-bond donors (Lipinski definition) is 0. The third kappa shape index (κ3) is 3.36. The molecule has 1 atom stereocenters. The number of imide groups is 1. The van der Waals surface area contributed by atoms with Gasteiger partial charge in [-0.05, 0) is 62.7 Å². The maximum atomic E-state index is 13.0. The van der Waals surface area contributed by atoms with E-state index in [1.165, 1.54) is 14.6 Å². The highest BCUT2D eigenvalue weighted by Gasteiger charge is 2.43. The molecular weight excluding hydrogens is 382 g/mol. The second-order valence-electron chi connectivity index (χ2n) is 7.96. The number of nitrogens with zero attached hydrogens (tertiary/aromatic N) is 3. The first-order valence-corrected chi connectivity index (χ1v) is 10.9. The van der Waals surface area contributed by atoms with Gasteiger partial charge in [-0.3, -0.25) is 14.5 Å². The Balaban J connectivity index is 1.28. The molecule has 0 spiro atoms. The first kappa shape index (κ1) is 18.5. The highest BCUT2D eigenvalue weighted by atomic mass is 32.1. The van der Waals surface area contributed by atoms with E-state index in [-0.39, 0.29) is 24.3 Å². The molecule has 2 saturated heterocycles. The highest BCUT2D eigenvalue weighted by Crippen LogP contribution is 2.35. The summed E-state index contributed by atoms with van der Waals surface area (Å²) in [7, 11) is 0. The summed E-state index contributed by atoms with van der Waals surface area (Å²) in [5, 5.41) is 1.20. The van der Waals surface area contributed by atoms with Gasteiger partial charge < -0.3 is 0 Å². The number of amides is 2. The van der Waals surface area contributed by atoms with Crippen molar-refractivity contribution in [1.29, 1.82) is 0 Å². The van der Waals surface area contributed by atoms with E-state index in [2.05, 4.69) is 23.1 Å². The Kier molecular flexibility index (Phi) is 4.68. The van der Waals surface area contributed by atoms with Gasteiger partial charge in [0, 0.05) is 5.92 Å². The van der Waals surface area contributed by atoms with Gasteiger partial charge >= 0.3 is 0 Å². The van der Waals surface area contributed by atoms with E-state index >= 15 is 0 Å². The number of rotatable bonds is 3. The molecule has 2 aliphatic rings. The number of likely N-dealkylation sites (tertiary alicyclic amines) is 1. The summed E-state index contributed by atoms with van der Waals surface area (Å²) < 4.78 is 1.23. The molecule has 0 N–H and O–H groups in total. The molecule has 5 nitrogen and oxygen atoms in total. The van der Waals surface area contributed by atoms with Crippen LogP contribution in [0.1, 0.15) is 35.8 Å². The number of carbonyl (C=O) groups is 2. The number of benzene rings is 2. The lowest BCUT2D eigenvalue weighted by atomic mass is 9.96. The second-order valence-corrected chi connectivity index (χ2v) is 9.02. The Hall–Kier alpha value is -2.57. The molecule has 0 aliphatic carbocycles. The van der Waals surface area contributed by atoms with Crippen LogP contribution in [0.5, 0.6) is 0 Å². The van der Waals surface area contributed by atoms with E-state index in [0.29, 0.717) is 11.6 Å². The van der Waals surface area contributed by atoms with E-state index in [4.69, 9.17) is 4.98 Å². The monoisotopic (exact) mass is 405 g/mol. The summed E-state index contributed by atoms with van der Waals surface area (Å²) in [4.78, 5) is 34.0. The number of fused-ring (bicyclic) bond motifs is 1. The number of piperidine rings is 1. The minimum Gasteiger partial charge on any atom is -0.291 e. The van der Waals surface area contributed by atoms with Crippen molar-refractivity contribution in [2.24, 2.45) is 0 Å². The van der Waals surface area contributed by atoms with Crippen LogP contribution < -0.4 is 4.90 Å². The van der Waals surface area contributed by atoms with Crippen molar-refractivity contribution >= 4 is 39.1 Å². The maximum Gasteiger partial charge on any atom is 0.251 e. The van der Waals surface area contributed by atoms with E-state index in [0.717, 1.165) is 37.0 Å². The topological polar surface area (TPSA) is 53.5 Å². The fourth-order valence-electron chi connectivity index (χ4n) is 4.46. The van der Waals surface area contributed by atoms with Gasteiger partial charge in [0.2, 0.25) is 5.91 Å². The Labute approximate surface area is 174 Å². The van der Waals surface area contributed by atoms with Gasteiger partial charge in [0.25, 0.3) is 5.91 Å². The van der Waals surface area contributed by atoms with Crippen molar-refractivity contribution in [3.63, 3.8) is 0 Å². The standard InChI is InChI=1S/C23H23N3O2S/c1-15-5-4-6-17(13-15)26-21(27)14-19(23(26)28)25-11-9-16(10-12-25)22-24-18-7-2-3-8-20(18)29-22/h2-8,13,16,19H,9-12,14H2,1H3/t19-/m0/s1. The first-order valence-electron chi connectivity index (χ1n) is 10.1. The summed E-state index contributed by atoms with van der Waals surface area (Å²) in [5.41, 5.74) is 2.80. The van der Waals surface area contributed by atoms with Crippen molar-refractivity contribution < 1.29 is 9.59 Å². The van der Waals surface area contributed by atoms with Crippen molar-refractivity contribution in [2.45, 2.75) is 38.1 Å². The predicted octanol–water partition coefficient (Wildman–Crippen LogP) is 4.12. The molecule has 5 rings (SSSR count). The average Bonchev–Trinajstić information content (AvgIpc) is 3.29. The molecule has 2 amide bonds. The molecule has 29 heavy (non-hydrogen) atoms. The Morgan fingerprint density at radius 3 is 2.59 bits per heavy atom. The number of anilines is 1. The number of carbonyl (C=O) groups excluding carboxylic acids is 2. The van der Waals surface area contributed by atoms with Crippen molar-refractivity contribution in [2.75, 3.05) is 18.0 Å². The molecule has 0 saturated carbocycles. The highest BCUT2D eigenvalue weighted by molar-refractivity contribution is 7.18. The molecule has 6 heteroatoms. The molecule has 1 aromatic heterocycles. The molecule has 3 heterocycles. The van der Waals surface area contributed by atoms with Crippen LogP contribution >= 0.6 is 11.3 Å². The van der Waals surface area contributed by atoms with Crippen LogP contribution in [0.3, 0.4) is 0 Å². The van der Waals surface area contributed by atoms with Gasteiger partial charge in [0.05, 0.1) is 33.4 Å². The Morgan fingerprint density at radius 1 is 1.03 bits per heavy atom. The fraction of sp³-hybridized carbons (Fsp3) is 0.348. The number of para-hydroxylation sites is 1. The van der Waals surface area contributed by atoms with Gasteiger partial charge in [-0.25, -0.2) is 9.88 Å². The first-order chi connectivity index (χ1) is 14.1. The Bertz CT molecular complexity index is 1050. The van der Waals surface area contributed by atoms with Gasteiger partial charge in [-0.2, -0.15) is 0 Å². The fourth-order valence-corrected chi connectivity index (χ4v) is 5.60. The van der Waals surface area contributed by atoms with E-state index < -0.39 is 0 Å². The van der Waals surface area contributed by atoms with Crippen molar-refractivity contribution in [3.05, 3.63) is 59.1 Å². The van der Waals surface area contributed by atoms with Crippen LogP contribution in [0, 0.1) is 6.92 Å². The molecule has 2 fully saturated rings. The lowest BCUT2D eigenvalue weighted by Crippen LogP contribution is -2.45. The van der Waals surface area contributed by atoms with Crippen LogP contribution in [0.15, 0.2) is 48.5 Å². The minimum atomic E-state index is -0.334. The van der Waals surface area contributed by atoms with E-state index in [1.807, 2.05) is 37.3 Å². The lowest BCUT2D eigenvalue weighted by Gasteiger charge is -2.34. The summed E-state index contributed by atoms with van der Waals surface area (Å²) in [6.45, 7) is 3.62. The summed E-state index contributed by atoms with van der Waals surface area (Å²) in [6, 6.07) is 15.5. The normalized spacial score (nSPS) is 21.4. The number of hydrogen-bond acceptors (Lipinski definition) is 5. The summed E-state index contributed by atoms with van der Waals surface area (Å²) >= 11 is 1.78. The minimum absolute atomic E-state index is 0.0842. The average molecular weight is 406 g/mol. The van der Waals surface area contributed by atoms with Gasteiger partial charge in [0.1, 0.15) is 0 Å². The quantitative estimate of drug-likeness (QED) is 0.615. The number of thiazole rings is 1. The molecule has 0 bridgehead atoms. The largest absolute Gasteiger partial charge is 0.291 e. The zero-order valence-electron chi connectivity index (χ0n) is 16.4. The second kappa shape index (κ2) is 7.35. The number of aryl methyl sites for hydroxylation is 1. The third-order valence-corrected chi connectivity index (χ3v) is 7.21. The van der Waals surface area contributed by atoms with Crippen molar-refractivity contribution in [3.8, 4) is 0 Å². The zero-order chi connectivity index (χ0) is 20.0. The van der Waals surface area contributed by atoms with Crippen LogP contribution in [0.25, 0.3) is 10.2 Å². The summed E-state index contributed by atoms with van der Waals surface area (Å²) in [5.74, 6) is 0.252. The molecule has 2 aliphatic heterocycles. The maximum absolute atomic E-state index is 13.0. The van der Waals surface area contributed by atoms with Crippen LogP contribution in [0.2, 0.25) is 0 Å². The van der Waals surface area contributed by atoms with E-state index in [9.17, 15) is 9.59 Å². The van der Waals surface area contributed by atoms with Crippen molar-refractivity contribution in [1.82, 2.24) is 9.88 Å². The molecule has 2 aromatic carbocycles. The lowest BCUT2D eigenvalue weighted by molar-refractivity contribution is -0.123. The predicted molar refractivity (Wildman–Crippen MR) is 115 cm³/mol. The van der Waals surface area contributed by atoms with E-state index in [1.54, 1.807) is 11.3 Å².